The quantitative estimate of drug-likeness (QED) is 0.700. The SMILES string of the molecule is O=c1[nH]c(CN2CCNCC2)nc2c1nnn2Cc1ccccc1. The second-order valence-corrected chi connectivity index (χ2v) is 5.94. The van der Waals surface area contributed by atoms with Crippen LogP contribution in [0.5, 0.6) is 0 Å². The van der Waals surface area contributed by atoms with Crippen LogP contribution in [-0.2, 0) is 13.1 Å². The normalized spacial score (nSPS) is 15.8. The van der Waals surface area contributed by atoms with Gasteiger partial charge >= 0.3 is 0 Å². The first-order valence-corrected chi connectivity index (χ1v) is 8.09. The highest BCUT2D eigenvalue weighted by atomic mass is 16.1. The number of hydrogen-bond donors (Lipinski definition) is 2. The van der Waals surface area contributed by atoms with Crippen LogP contribution in [0.15, 0.2) is 35.1 Å². The van der Waals surface area contributed by atoms with Gasteiger partial charge in [-0.1, -0.05) is 35.5 Å². The Morgan fingerprint density at radius 3 is 2.67 bits per heavy atom. The van der Waals surface area contributed by atoms with Gasteiger partial charge in [-0.05, 0) is 5.56 Å². The van der Waals surface area contributed by atoms with E-state index in [4.69, 9.17) is 0 Å². The molecule has 24 heavy (non-hydrogen) atoms. The smallest absolute Gasteiger partial charge is 0.281 e. The first kappa shape index (κ1) is 15.0. The highest BCUT2D eigenvalue weighted by molar-refractivity contribution is 5.68. The minimum Gasteiger partial charge on any atom is -0.314 e. The maximum atomic E-state index is 12.3. The van der Waals surface area contributed by atoms with Crippen molar-refractivity contribution in [2.24, 2.45) is 0 Å². The van der Waals surface area contributed by atoms with Crippen molar-refractivity contribution >= 4 is 11.2 Å². The number of rotatable bonds is 4. The fourth-order valence-electron chi connectivity index (χ4n) is 2.93. The lowest BCUT2D eigenvalue weighted by molar-refractivity contribution is 0.228. The summed E-state index contributed by atoms with van der Waals surface area (Å²) < 4.78 is 1.68. The summed E-state index contributed by atoms with van der Waals surface area (Å²) in [6.45, 7) is 4.98. The summed E-state index contributed by atoms with van der Waals surface area (Å²) in [5.74, 6) is 0.658. The van der Waals surface area contributed by atoms with Gasteiger partial charge in [-0.2, -0.15) is 0 Å². The Bertz CT molecular complexity index is 880. The van der Waals surface area contributed by atoms with Gasteiger partial charge in [0.05, 0.1) is 13.1 Å². The van der Waals surface area contributed by atoms with Gasteiger partial charge in [0.1, 0.15) is 5.82 Å². The molecule has 0 radical (unpaired) electrons. The van der Waals surface area contributed by atoms with Crippen molar-refractivity contribution in [3.05, 3.63) is 52.1 Å². The van der Waals surface area contributed by atoms with Crippen LogP contribution in [0.2, 0.25) is 0 Å². The molecule has 8 nitrogen and oxygen atoms in total. The van der Waals surface area contributed by atoms with E-state index in [2.05, 4.69) is 30.5 Å². The molecule has 1 fully saturated rings. The van der Waals surface area contributed by atoms with E-state index in [1.807, 2.05) is 30.3 Å². The van der Waals surface area contributed by atoms with Crippen LogP contribution in [0.4, 0.5) is 0 Å². The molecule has 0 saturated carbocycles. The maximum Gasteiger partial charge on any atom is 0.281 e. The molecule has 1 aromatic carbocycles. The lowest BCUT2D eigenvalue weighted by Crippen LogP contribution is -2.43. The predicted molar refractivity (Wildman–Crippen MR) is 89.6 cm³/mol. The Hall–Kier alpha value is -2.58. The standard InChI is InChI=1S/C16H19N7O/c24-16-14-15(18-13(19-16)11-22-8-6-17-7-9-22)23(21-20-14)10-12-4-2-1-3-5-12/h1-5,17H,6-11H2,(H,18,19,24). The van der Waals surface area contributed by atoms with Crippen LogP contribution < -0.4 is 10.9 Å². The zero-order valence-corrected chi connectivity index (χ0v) is 13.3. The van der Waals surface area contributed by atoms with Crippen LogP contribution in [0.25, 0.3) is 11.2 Å². The summed E-state index contributed by atoms with van der Waals surface area (Å²) in [4.78, 5) is 22.0. The average Bonchev–Trinajstić information content (AvgIpc) is 3.00. The molecule has 2 aromatic heterocycles. The van der Waals surface area contributed by atoms with Gasteiger partial charge in [0.2, 0.25) is 0 Å². The van der Waals surface area contributed by atoms with E-state index in [9.17, 15) is 4.79 Å². The van der Waals surface area contributed by atoms with E-state index in [1.54, 1.807) is 4.68 Å². The molecule has 1 aliphatic heterocycles. The van der Waals surface area contributed by atoms with E-state index in [1.165, 1.54) is 0 Å². The number of aromatic nitrogens is 5. The van der Waals surface area contributed by atoms with E-state index >= 15 is 0 Å². The van der Waals surface area contributed by atoms with Gasteiger partial charge < -0.3 is 10.3 Å². The van der Waals surface area contributed by atoms with Crippen LogP contribution >= 0.6 is 0 Å². The summed E-state index contributed by atoms with van der Waals surface area (Å²) in [6.07, 6.45) is 0. The molecule has 1 saturated heterocycles. The van der Waals surface area contributed by atoms with Crippen molar-refractivity contribution in [1.29, 1.82) is 0 Å². The molecule has 0 spiro atoms. The Balaban J connectivity index is 1.65. The lowest BCUT2D eigenvalue weighted by atomic mass is 10.2. The van der Waals surface area contributed by atoms with Crippen molar-refractivity contribution in [2.75, 3.05) is 26.2 Å². The molecule has 124 valence electrons. The number of hydrogen-bond acceptors (Lipinski definition) is 6. The average molecular weight is 325 g/mol. The van der Waals surface area contributed by atoms with Crippen molar-refractivity contribution in [2.45, 2.75) is 13.1 Å². The van der Waals surface area contributed by atoms with Crippen molar-refractivity contribution in [3.8, 4) is 0 Å². The first-order valence-electron chi connectivity index (χ1n) is 8.09. The molecule has 0 atom stereocenters. The van der Waals surface area contributed by atoms with Crippen LogP contribution in [0.3, 0.4) is 0 Å². The van der Waals surface area contributed by atoms with Gasteiger partial charge in [-0.15, -0.1) is 5.10 Å². The molecule has 2 N–H and O–H groups in total. The molecule has 0 amide bonds. The Kier molecular flexibility index (Phi) is 4.06. The molecule has 0 aliphatic carbocycles. The molecule has 3 heterocycles. The summed E-state index contributed by atoms with van der Waals surface area (Å²) >= 11 is 0. The Labute approximate surface area is 138 Å². The predicted octanol–water partition coefficient (Wildman–Crippen LogP) is -0.0319. The number of benzene rings is 1. The second-order valence-electron chi connectivity index (χ2n) is 5.94. The summed E-state index contributed by atoms with van der Waals surface area (Å²) in [5, 5.41) is 11.4. The third-order valence-electron chi connectivity index (χ3n) is 4.18. The molecular weight excluding hydrogens is 306 g/mol. The van der Waals surface area contributed by atoms with E-state index < -0.39 is 0 Å². The van der Waals surface area contributed by atoms with Crippen molar-refractivity contribution in [1.82, 2.24) is 35.2 Å². The highest BCUT2D eigenvalue weighted by Gasteiger charge is 2.15. The lowest BCUT2D eigenvalue weighted by Gasteiger charge is -2.26. The topological polar surface area (TPSA) is 91.7 Å². The molecule has 8 heteroatoms. The minimum absolute atomic E-state index is 0.232. The second kappa shape index (κ2) is 6.50. The van der Waals surface area contributed by atoms with Gasteiger partial charge in [0, 0.05) is 26.2 Å². The number of piperazine rings is 1. The van der Waals surface area contributed by atoms with Crippen LogP contribution in [-0.4, -0.2) is 56.0 Å². The van der Waals surface area contributed by atoms with Gasteiger partial charge in [-0.25, -0.2) is 9.67 Å². The number of aromatic amines is 1. The summed E-state index contributed by atoms with van der Waals surface area (Å²) in [6, 6.07) is 9.96. The van der Waals surface area contributed by atoms with Crippen molar-refractivity contribution in [3.63, 3.8) is 0 Å². The fraction of sp³-hybridized carbons (Fsp3) is 0.375. The van der Waals surface area contributed by atoms with E-state index in [0.717, 1.165) is 31.7 Å². The Morgan fingerprint density at radius 1 is 1.08 bits per heavy atom. The van der Waals surface area contributed by atoms with Gasteiger partial charge in [-0.3, -0.25) is 9.69 Å². The van der Waals surface area contributed by atoms with E-state index in [-0.39, 0.29) is 11.1 Å². The summed E-state index contributed by atoms with van der Waals surface area (Å²) in [7, 11) is 0. The monoisotopic (exact) mass is 325 g/mol. The number of nitrogens with zero attached hydrogens (tertiary/aromatic N) is 5. The molecule has 3 aromatic rings. The number of fused-ring (bicyclic) bond motifs is 1. The number of nitrogens with one attached hydrogen (secondary N) is 2. The molecule has 0 bridgehead atoms. The molecular formula is C16H19N7O. The zero-order valence-electron chi connectivity index (χ0n) is 13.3. The van der Waals surface area contributed by atoms with Crippen molar-refractivity contribution < 1.29 is 0 Å². The highest BCUT2D eigenvalue weighted by Crippen LogP contribution is 2.09. The summed E-state index contributed by atoms with van der Waals surface area (Å²) in [5.41, 5.74) is 1.68. The molecule has 1 aliphatic rings. The van der Waals surface area contributed by atoms with Crippen LogP contribution in [0, 0.1) is 0 Å². The minimum atomic E-state index is -0.232. The number of H-pyrrole nitrogens is 1. The maximum absolute atomic E-state index is 12.3. The zero-order chi connectivity index (χ0) is 16.4. The fourth-order valence-corrected chi connectivity index (χ4v) is 2.93. The van der Waals surface area contributed by atoms with E-state index in [0.29, 0.717) is 24.6 Å². The molecule has 4 rings (SSSR count). The largest absolute Gasteiger partial charge is 0.314 e. The third kappa shape index (κ3) is 3.06. The first-order chi connectivity index (χ1) is 11.8. The Morgan fingerprint density at radius 2 is 1.88 bits per heavy atom. The van der Waals surface area contributed by atoms with Gasteiger partial charge in [0.25, 0.3) is 5.56 Å². The molecule has 0 unspecified atom stereocenters. The third-order valence-corrected chi connectivity index (χ3v) is 4.18. The van der Waals surface area contributed by atoms with Crippen LogP contribution in [0.1, 0.15) is 11.4 Å². The van der Waals surface area contributed by atoms with Gasteiger partial charge in [0.15, 0.2) is 11.2 Å².